The minimum absolute atomic E-state index is 0.118. The van der Waals surface area contributed by atoms with Crippen LogP contribution in [0.2, 0.25) is 0 Å². The van der Waals surface area contributed by atoms with E-state index in [9.17, 15) is 4.79 Å². The number of ketones is 1. The van der Waals surface area contributed by atoms with Gasteiger partial charge in [-0.2, -0.15) is 0 Å². The smallest absolute Gasteiger partial charge is 0.227 e. The topological polar surface area (TPSA) is 75.7 Å². The summed E-state index contributed by atoms with van der Waals surface area (Å²) in [7, 11) is 1.55. The molecule has 0 bridgehead atoms. The van der Waals surface area contributed by atoms with Crippen LogP contribution < -0.4 is 10.2 Å². The number of hydrazone groups is 1. The first-order valence-electron chi connectivity index (χ1n) is 7.58. The Morgan fingerprint density at radius 1 is 1.44 bits per heavy atom. The molecule has 0 saturated heterocycles. The maximum Gasteiger partial charge on any atom is 0.227 e. The Labute approximate surface area is 158 Å². The van der Waals surface area contributed by atoms with Crippen molar-refractivity contribution in [3.05, 3.63) is 50.8 Å². The molecule has 0 saturated carbocycles. The third kappa shape index (κ3) is 3.26. The zero-order valence-corrected chi connectivity index (χ0v) is 16.3. The number of nitrogens with zero attached hydrogens (tertiary/aromatic N) is 1. The summed E-state index contributed by atoms with van der Waals surface area (Å²) in [6, 6.07) is 5.35. The third-order valence-electron chi connectivity index (χ3n) is 4.05. The molecule has 0 radical (unpaired) electrons. The van der Waals surface area contributed by atoms with Crippen molar-refractivity contribution in [2.24, 2.45) is 5.10 Å². The van der Waals surface area contributed by atoms with E-state index in [2.05, 4.69) is 31.4 Å². The predicted octanol–water partition coefficient (Wildman–Crippen LogP) is 3.80. The summed E-state index contributed by atoms with van der Waals surface area (Å²) in [5.41, 5.74) is 6.26. The molecular formula is C17H17BrClN3O3. The fourth-order valence-corrected chi connectivity index (χ4v) is 3.36. The second kappa shape index (κ2) is 7.09. The van der Waals surface area contributed by atoms with Crippen molar-refractivity contribution in [2.75, 3.05) is 13.0 Å². The number of halogens is 2. The molecule has 1 aliphatic rings. The van der Waals surface area contributed by atoms with Gasteiger partial charge in [-0.3, -0.25) is 10.2 Å². The lowest BCUT2D eigenvalue weighted by molar-refractivity contribution is 0.103. The predicted molar refractivity (Wildman–Crippen MR) is 99.5 cm³/mol. The first-order chi connectivity index (χ1) is 12.0. The van der Waals surface area contributed by atoms with Crippen LogP contribution in [-0.2, 0) is 4.74 Å². The van der Waals surface area contributed by atoms with Gasteiger partial charge < -0.3 is 14.5 Å². The lowest BCUT2D eigenvalue weighted by Gasteiger charge is -2.11. The normalized spacial score (nSPS) is 16.2. The van der Waals surface area contributed by atoms with E-state index >= 15 is 0 Å². The number of aromatic nitrogens is 1. The molecule has 1 atom stereocenters. The molecule has 6 nitrogen and oxygen atoms in total. The summed E-state index contributed by atoms with van der Waals surface area (Å²) in [6.45, 7) is 3.73. The number of ether oxygens (including phenoxy) is 2. The Morgan fingerprint density at radius 2 is 2.20 bits per heavy atom. The van der Waals surface area contributed by atoms with E-state index in [0.29, 0.717) is 22.8 Å². The average Bonchev–Trinajstić information content (AvgIpc) is 3.18. The van der Waals surface area contributed by atoms with Gasteiger partial charge in [0.1, 0.15) is 11.6 Å². The maximum atomic E-state index is 13.1. The van der Waals surface area contributed by atoms with Crippen LogP contribution in [0, 0.1) is 13.8 Å². The molecule has 0 amide bonds. The summed E-state index contributed by atoms with van der Waals surface area (Å²) in [5, 5.41) is 4.02. The zero-order valence-electron chi connectivity index (χ0n) is 13.9. The second-order valence-electron chi connectivity index (χ2n) is 5.60. The molecule has 0 spiro atoms. The molecule has 3 rings (SSSR count). The van der Waals surface area contributed by atoms with Gasteiger partial charge in [0.2, 0.25) is 12.1 Å². The van der Waals surface area contributed by atoms with E-state index in [1.807, 2.05) is 19.9 Å². The van der Waals surface area contributed by atoms with Crippen LogP contribution in [0.1, 0.15) is 39.1 Å². The molecule has 2 aromatic rings. The number of carbonyl (C=O) groups is 1. The van der Waals surface area contributed by atoms with E-state index in [0.717, 1.165) is 21.4 Å². The number of H-pyrrole nitrogens is 1. The number of methoxy groups -OCH3 is 1. The third-order valence-corrected chi connectivity index (χ3v) is 4.77. The Kier molecular flexibility index (Phi) is 5.06. The molecule has 2 heterocycles. The monoisotopic (exact) mass is 425 g/mol. The lowest BCUT2D eigenvalue weighted by atomic mass is 9.98. The lowest BCUT2D eigenvalue weighted by Crippen LogP contribution is -2.14. The van der Waals surface area contributed by atoms with Crippen LogP contribution in [0.15, 0.2) is 27.8 Å². The number of hydrogen-bond donors (Lipinski definition) is 2. The Hall–Kier alpha value is -1.99. The van der Waals surface area contributed by atoms with E-state index in [1.165, 1.54) is 0 Å². The van der Waals surface area contributed by atoms with Gasteiger partial charge in [0, 0.05) is 15.7 Å². The largest absolute Gasteiger partial charge is 0.496 e. The first-order valence-corrected chi connectivity index (χ1v) is 8.91. The van der Waals surface area contributed by atoms with Crippen molar-refractivity contribution in [1.29, 1.82) is 0 Å². The molecule has 1 unspecified atom stereocenters. The van der Waals surface area contributed by atoms with Crippen molar-refractivity contribution in [3.63, 3.8) is 0 Å². The molecule has 0 aliphatic carbocycles. The number of carbonyl (C=O) groups excluding carboxylic acids is 1. The van der Waals surface area contributed by atoms with E-state index in [1.54, 1.807) is 19.2 Å². The molecule has 2 N–H and O–H groups in total. The van der Waals surface area contributed by atoms with Crippen LogP contribution in [0.4, 0.5) is 0 Å². The van der Waals surface area contributed by atoms with Crippen molar-refractivity contribution >= 4 is 39.2 Å². The average molecular weight is 427 g/mol. The van der Waals surface area contributed by atoms with Gasteiger partial charge in [0.05, 0.1) is 18.4 Å². The minimum Gasteiger partial charge on any atom is -0.496 e. The SMILES string of the molecule is COc1ccc(Br)cc1C(=O)c1c(C)[nH]c(C2NN=C(CCl)O2)c1C. The summed E-state index contributed by atoms with van der Waals surface area (Å²) in [6.07, 6.45) is -0.488. The highest BCUT2D eigenvalue weighted by Crippen LogP contribution is 2.31. The van der Waals surface area contributed by atoms with Crippen molar-refractivity contribution < 1.29 is 14.3 Å². The number of aromatic amines is 1. The molecule has 1 aromatic heterocycles. The highest BCUT2D eigenvalue weighted by molar-refractivity contribution is 9.10. The Morgan fingerprint density at radius 3 is 2.84 bits per heavy atom. The zero-order chi connectivity index (χ0) is 18.1. The van der Waals surface area contributed by atoms with Gasteiger partial charge >= 0.3 is 0 Å². The molecule has 1 aliphatic heterocycles. The summed E-state index contributed by atoms with van der Waals surface area (Å²) in [4.78, 5) is 16.4. The second-order valence-corrected chi connectivity index (χ2v) is 6.79. The fraction of sp³-hybridized carbons (Fsp3) is 0.294. The highest BCUT2D eigenvalue weighted by atomic mass is 79.9. The van der Waals surface area contributed by atoms with Crippen LogP contribution in [0.25, 0.3) is 0 Å². The van der Waals surface area contributed by atoms with E-state index < -0.39 is 6.23 Å². The van der Waals surface area contributed by atoms with Gasteiger partial charge in [-0.1, -0.05) is 15.9 Å². The number of rotatable bonds is 5. The fourth-order valence-electron chi connectivity index (χ4n) is 2.87. The van der Waals surface area contributed by atoms with Crippen molar-refractivity contribution in [3.8, 4) is 5.75 Å². The summed E-state index contributed by atoms with van der Waals surface area (Å²) >= 11 is 9.14. The number of benzene rings is 1. The maximum absolute atomic E-state index is 13.1. The molecular weight excluding hydrogens is 410 g/mol. The first kappa shape index (κ1) is 17.8. The van der Waals surface area contributed by atoms with Gasteiger partial charge in [-0.25, -0.2) is 0 Å². The number of nitrogens with one attached hydrogen (secondary N) is 2. The number of aryl methyl sites for hydroxylation is 1. The molecule has 8 heteroatoms. The molecule has 0 fully saturated rings. The minimum atomic E-state index is -0.488. The van der Waals surface area contributed by atoms with Gasteiger partial charge in [0.25, 0.3) is 0 Å². The molecule has 1 aromatic carbocycles. The van der Waals surface area contributed by atoms with Crippen LogP contribution in [0.3, 0.4) is 0 Å². The summed E-state index contributed by atoms with van der Waals surface area (Å²) < 4.78 is 11.8. The number of hydrogen-bond acceptors (Lipinski definition) is 5. The van der Waals surface area contributed by atoms with Gasteiger partial charge in [-0.05, 0) is 37.6 Å². The van der Waals surface area contributed by atoms with Crippen LogP contribution in [0.5, 0.6) is 5.75 Å². The quantitative estimate of drug-likeness (QED) is 0.563. The summed E-state index contributed by atoms with van der Waals surface area (Å²) in [5.74, 6) is 1.01. The molecule has 25 heavy (non-hydrogen) atoms. The van der Waals surface area contributed by atoms with Crippen molar-refractivity contribution in [2.45, 2.75) is 20.1 Å². The van der Waals surface area contributed by atoms with Crippen LogP contribution >= 0.6 is 27.5 Å². The Bertz CT molecular complexity index is 863. The van der Waals surface area contributed by atoms with Gasteiger partial charge in [-0.15, -0.1) is 16.7 Å². The standard InChI is InChI=1S/C17H17BrClN3O3/c1-8-14(16(23)11-6-10(18)4-5-12(11)24-3)9(2)20-15(8)17-22-21-13(7-19)25-17/h4-6,17,20,22H,7H2,1-3H3. The highest BCUT2D eigenvalue weighted by Gasteiger charge is 2.29. The van der Waals surface area contributed by atoms with Crippen LogP contribution in [-0.4, -0.2) is 29.7 Å². The van der Waals surface area contributed by atoms with E-state index in [4.69, 9.17) is 21.1 Å². The molecule has 132 valence electrons. The Balaban J connectivity index is 1.99. The van der Waals surface area contributed by atoms with Crippen molar-refractivity contribution in [1.82, 2.24) is 10.4 Å². The number of alkyl halides is 1. The van der Waals surface area contributed by atoms with E-state index in [-0.39, 0.29) is 11.7 Å². The van der Waals surface area contributed by atoms with Gasteiger partial charge in [0.15, 0.2) is 5.78 Å².